The molecule has 2 aromatic carbocycles. The van der Waals surface area contributed by atoms with Crippen LogP contribution in [0.15, 0.2) is 46.9 Å². The Kier molecular flexibility index (Phi) is 5.21. The quantitative estimate of drug-likeness (QED) is 0.594. The van der Waals surface area contributed by atoms with Crippen LogP contribution in [0.2, 0.25) is 5.02 Å². The van der Waals surface area contributed by atoms with Gasteiger partial charge in [-0.25, -0.2) is 0 Å². The molecular weight excluding hydrogens is 394 g/mol. The van der Waals surface area contributed by atoms with Gasteiger partial charge in [0.15, 0.2) is 0 Å². The van der Waals surface area contributed by atoms with E-state index in [0.717, 1.165) is 11.3 Å². The van der Waals surface area contributed by atoms with Crippen LogP contribution < -0.4 is 10.1 Å². The van der Waals surface area contributed by atoms with Gasteiger partial charge in [-0.2, -0.15) is 0 Å². The van der Waals surface area contributed by atoms with Gasteiger partial charge in [0.1, 0.15) is 5.75 Å². The largest absolute Gasteiger partial charge is 0.425 e. The molecule has 1 heterocycles. The molecule has 0 saturated carbocycles. The summed E-state index contributed by atoms with van der Waals surface area (Å²) in [6.07, 6.45) is 1.26. The molecule has 0 aromatic heterocycles. The van der Waals surface area contributed by atoms with Crippen molar-refractivity contribution in [3.05, 3.63) is 57.5 Å². The molecular formula is C18H15BrClNO3. The van der Waals surface area contributed by atoms with Crippen molar-refractivity contribution in [1.29, 1.82) is 0 Å². The first kappa shape index (κ1) is 17.0. The Hall–Kier alpha value is -1.85. The van der Waals surface area contributed by atoms with Gasteiger partial charge in [-0.3, -0.25) is 9.59 Å². The molecule has 0 bridgehead atoms. The summed E-state index contributed by atoms with van der Waals surface area (Å²) in [4.78, 5) is 24.2. The maximum atomic E-state index is 12.1. The second-order valence-electron chi connectivity index (χ2n) is 5.63. The molecule has 1 aliphatic rings. The third-order valence-corrected chi connectivity index (χ3v) is 4.78. The van der Waals surface area contributed by atoms with E-state index in [4.69, 9.17) is 16.3 Å². The third-order valence-electron chi connectivity index (χ3n) is 3.93. The first-order valence-electron chi connectivity index (χ1n) is 7.57. The van der Waals surface area contributed by atoms with Crippen molar-refractivity contribution in [3.63, 3.8) is 0 Å². The average Bonchev–Trinajstić information content (AvgIpc) is 2.55. The highest BCUT2D eigenvalue weighted by Crippen LogP contribution is 2.30. The Balaban J connectivity index is 1.57. The summed E-state index contributed by atoms with van der Waals surface area (Å²) in [5.74, 6) is -0.220. The molecule has 6 heteroatoms. The molecule has 1 atom stereocenters. The first-order valence-corrected chi connectivity index (χ1v) is 8.74. The number of rotatable bonds is 4. The monoisotopic (exact) mass is 407 g/mol. The number of nitrogens with one attached hydrogen (secondary N) is 1. The summed E-state index contributed by atoms with van der Waals surface area (Å²) in [5, 5.41) is 3.44. The van der Waals surface area contributed by atoms with Crippen molar-refractivity contribution in [2.75, 3.05) is 5.32 Å². The summed E-state index contributed by atoms with van der Waals surface area (Å²) in [6.45, 7) is 0. The van der Waals surface area contributed by atoms with Gasteiger partial charge in [0.25, 0.3) is 0 Å². The molecule has 3 rings (SSSR count). The lowest BCUT2D eigenvalue weighted by atomic mass is 9.90. The molecule has 0 spiro atoms. The number of amides is 1. The number of anilines is 1. The van der Waals surface area contributed by atoms with Crippen molar-refractivity contribution in [2.24, 2.45) is 5.92 Å². The number of carbonyl (C=O) groups excluding carboxylic acids is 2. The van der Waals surface area contributed by atoms with Gasteiger partial charge < -0.3 is 10.1 Å². The maximum Gasteiger partial charge on any atom is 0.311 e. The van der Waals surface area contributed by atoms with Crippen LogP contribution in [0.4, 0.5) is 5.69 Å². The Labute approximate surface area is 153 Å². The molecule has 0 saturated heterocycles. The van der Waals surface area contributed by atoms with Crippen LogP contribution in [-0.2, 0) is 16.0 Å². The number of fused-ring (bicyclic) bond motifs is 1. The molecule has 1 N–H and O–H groups in total. The minimum Gasteiger partial charge on any atom is -0.425 e. The zero-order valence-electron chi connectivity index (χ0n) is 12.7. The average molecular weight is 409 g/mol. The lowest BCUT2D eigenvalue weighted by Crippen LogP contribution is -2.30. The molecule has 0 fully saturated rings. The Morgan fingerprint density at radius 2 is 2.08 bits per heavy atom. The first-order chi connectivity index (χ1) is 11.5. The zero-order valence-corrected chi connectivity index (χ0v) is 15.1. The van der Waals surface area contributed by atoms with E-state index < -0.39 is 0 Å². The molecule has 0 aliphatic carbocycles. The highest BCUT2D eigenvalue weighted by atomic mass is 79.9. The van der Waals surface area contributed by atoms with Crippen LogP contribution in [0, 0.1) is 5.92 Å². The van der Waals surface area contributed by atoms with Gasteiger partial charge in [-0.1, -0.05) is 29.8 Å². The van der Waals surface area contributed by atoms with Crippen LogP contribution in [-0.4, -0.2) is 11.9 Å². The van der Waals surface area contributed by atoms with E-state index in [1.807, 2.05) is 24.3 Å². The standard InChI is InChI=1S/C18H15BrClNO3/c19-14-10-13(20)6-7-16(14)24-17(22)8-5-12-9-11-3-1-2-4-15(11)21-18(12)23/h1-4,6-7,10,12H,5,8-9H2,(H,21,23). The summed E-state index contributed by atoms with van der Waals surface area (Å²) >= 11 is 9.16. The Bertz CT molecular complexity index is 794. The Morgan fingerprint density at radius 3 is 2.88 bits per heavy atom. The normalized spacial score (nSPS) is 16.2. The minimum absolute atomic E-state index is 0.0471. The summed E-state index contributed by atoms with van der Waals surface area (Å²) in [6, 6.07) is 12.7. The molecule has 1 amide bonds. The van der Waals surface area contributed by atoms with Gasteiger partial charge in [0.05, 0.1) is 4.47 Å². The van der Waals surface area contributed by atoms with Crippen LogP contribution >= 0.6 is 27.5 Å². The fourth-order valence-electron chi connectivity index (χ4n) is 2.67. The summed E-state index contributed by atoms with van der Waals surface area (Å²) in [7, 11) is 0. The lowest BCUT2D eigenvalue weighted by Gasteiger charge is -2.24. The fourth-order valence-corrected chi connectivity index (χ4v) is 3.43. The molecule has 2 aromatic rings. The molecule has 4 nitrogen and oxygen atoms in total. The van der Waals surface area contributed by atoms with Crippen LogP contribution in [0.25, 0.3) is 0 Å². The zero-order chi connectivity index (χ0) is 17.1. The SMILES string of the molecule is O=C(CCC1Cc2ccccc2NC1=O)Oc1ccc(Cl)cc1Br. The van der Waals surface area contributed by atoms with E-state index in [2.05, 4.69) is 21.2 Å². The van der Waals surface area contributed by atoms with Crippen molar-refractivity contribution >= 4 is 45.1 Å². The molecule has 1 aliphatic heterocycles. The number of ether oxygens (including phenoxy) is 1. The van der Waals surface area contributed by atoms with E-state index in [1.54, 1.807) is 18.2 Å². The van der Waals surface area contributed by atoms with E-state index >= 15 is 0 Å². The van der Waals surface area contributed by atoms with Gasteiger partial charge in [0.2, 0.25) is 5.91 Å². The number of hydrogen-bond acceptors (Lipinski definition) is 3. The predicted molar refractivity (Wildman–Crippen MR) is 96.3 cm³/mol. The number of halogens is 2. The second-order valence-corrected chi connectivity index (χ2v) is 6.93. The summed E-state index contributed by atoms with van der Waals surface area (Å²) in [5.41, 5.74) is 1.95. The van der Waals surface area contributed by atoms with Crippen molar-refractivity contribution in [3.8, 4) is 5.75 Å². The topological polar surface area (TPSA) is 55.4 Å². The molecule has 0 radical (unpaired) electrons. The molecule has 124 valence electrons. The van der Waals surface area contributed by atoms with Crippen molar-refractivity contribution in [2.45, 2.75) is 19.3 Å². The lowest BCUT2D eigenvalue weighted by molar-refractivity contribution is -0.134. The van der Waals surface area contributed by atoms with E-state index in [9.17, 15) is 9.59 Å². The van der Waals surface area contributed by atoms with E-state index in [0.29, 0.717) is 28.1 Å². The minimum atomic E-state index is -0.371. The smallest absolute Gasteiger partial charge is 0.311 e. The number of carbonyl (C=O) groups is 2. The van der Waals surface area contributed by atoms with Crippen molar-refractivity contribution < 1.29 is 14.3 Å². The number of benzene rings is 2. The van der Waals surface area contributed by atoms with Crippen molar-refractivity contribution in [1.82, 2.24) is 0 Å². The fraction of sp³-hybridized carbons (Fsp3) is 0.222. The molecule has 24 heavy (non-hydrogen) atoms. The number of esters is 1. The highest BCUT2D eigenvalue weighted by molar-refractivity contribution is 9.10. The maximum absolute atomic E-state index is 12.1. The predicted octanol–water partition coefficient (Wildman–Crippen LogP) is 4.60. The second kappa shape index (κ2) is 7.36. The highest BCUT2D eigenvalue weighted by Gasteiger charge is 2.26. The summed E-state index contributed by atoms with van der Waals surface area (Å²) < 4.78 is 5.94. The van der Waals surface area contributed by atoms with Crippen LogP contribution in [0.5, 0.6) is 5.75 Å². The van der Waals surface area contributed by atoms with Crippen LogP contribution in [0.1, 0.15) is 18.4 Å². The van der Waals surface area contributed by atoms with E-state index in [-0.39, 0.29) is 24.2 Å². The van der Waals surface area contributed by atoms with E-state index in [1.165, 1.54) is 0 Å². The number of hydrogen-bond donors (Lipinski definition) is 1. The van der Waals surface area contributed by atoms with Gasteiger partial charge in [-0.15, -0.1) is 0 Å². The van der Waals surface area contributed by atoms with Crippen LogP contribution in [0.3, 0.4) is 0 Å². The molecule has 1 unspecified atom stereocenters. The van der Waals surface area contributed by atoms with Gasteiger partial charge in [-0.05, 0) is 58.6 Å². The third kappa shape index (κ3) is 3.97. The van der Waals surface area contributed by atoms with Gasteiger partial charge in [0, 0.05) is 23.0 Å². The number of para-hydroxylation sites is 1. The Morgan fingerprint density at radius 1 is 1.29 bits per heavy atom. The van der Waals surface area contributed by atoms with Gasteiger partial charge >= 0.3 is 5.97 Å².